The number of esters is 1. The number of fused-ring (bicyclic) bond motifs is 5. The molecular weight excluding hydrogens is 554 g/mol. The van der Waals surface area contributed by atoms with Gasteiger partial charge in [-0.15, -0.1) is 0 Å². The lowest BCUT2D eigenvalue weighted by molar-refractivity contribution is -0.173. The van der Waals surface area contributed by atoms with Crippen molar-refractivity contribution in [2.45, 2.75) is 83.3 Å². The van der Waals surface area contributed by atoms with Crippen molar-refractivity contribution < 1.29 is 43.7 Å². The second-order valence-electron chi connectivity index (χ2n) is 13.1. The minimum atomic E-state index is -1.83. The van der Waals surface area contributed by atoms with Gasteiger partial charge in [0.05, 0.1) is 6.42 Å². The zero-order valence-electron chi connectivity index (χ0n) is 24.6. The molecular formula is C33H39NO9. The molecule has 1 aromatic carbocycles. The Balaban J connectivity index is 1.19. The van der Waals surface area contributed by atoms with Crippen molar-refractivity contribution in [2.24, 2.45) is 28.6 Å². The van der Waals surface area contributed by atoms with E-state index in [0.29, 0.717) is 24.8 Å². The van der Waals surface area contributed by atoms with E-state index in [1.807, 2.05) is 0 Å². The molecule has 43 heavy (non-hydrogen) atoms. The topological polar surface area (TPSA) is 164 Å². The van der Waals surface area contributed by atoms with Gasteiger partial charge in [0.1, 0.15) is 11.4 Å². The van der Waals surface area contributed by atoms with Crippen molar-refractivity contribution in [3.8, 4) is 0 Å². The summed E-state index contributed by atoms with van der Waals surface area (Å²) in [5.74, 6) is -3.61. The molecule has 3 fully saturated rings. The van der Waals surface area contributed by atoms with Gasteiger partial charge in [0.2, 0.25) is 11.7 Å². The summed E-state index contributed by atoms with van der Waals surface area (Å²) in [5, 5.41) is 23.6. The van der Waals surface area contributed by atoms with Crippen molar-refractivity contribution in [1.29, 1.82) is 0 Å². The average Bonchev–Trinajstić information content (AvgIpc) is 3.24. The third kappa shape index (κ3) is 5.34. The van der Waals surface area contributed by atoms with E-state index in [-0.39, 0.29) is 60.4 Å². The van der Waals surface area contributed by atoms with Crippen LogP contribution in [0.15, 0.2) is 42.0 Å². The van der Waals surface area contributed by atoms with Crippen molar-refractivity contribution in [2.75, 3.05) is 6.61 Å². The molecule has 1 amide bonds. The van der Waals surface area contributed by atoms with Gasteiger partial charge in [-0.2, -0.15) is 0 Å². The van der Waals surface area contributed by atoms with Gasteiger partial charge in [-0.3, -0.25) is 24.0 Å². The molecule has 10 heteroatoms. The van der Waals surface area contributed by atoms with Crippen LogP contribution in [-0.2, 0) is 33.5 Å². The molecule has 0 aliphatic heterocycles. The second-order valence-corrected chi connectivity index (χ2v) is 13.1. The van der Waals surface area contributed by atoms with Crippen LogP contribution in [0.2, 0.25) is 0 Å². The second kappa shape index (κ2) is 11.4. The van der Waals surface area contributed by atoms with Gasteiger partial charge in [0.25, 0.3) is 0 Å². The molecule has 4 aliphatic rings. The van der Waals surface area contributed by atoms with Gasteiger partial charge in [0.15, 0.2) is 18.4 Å². The van der Waals surface area contributed by atoms with E-state index >= 15 is 0 Å². The van der Waals surface area contributed by atoms with Gasteiger partial charge in [-0.1, -0.05) is 49.8 Å². The molecule has 0 heterocycles. The molecule has 10 nitrogen and oxygen atoms in total. The molecule has 3 saturated carbocycles. The quantitative estimate of drug-likeness (QED) is 0.365. The van der Waals surface area contributed by atoms with Crippen molar-refractivity contribution in [1.82, 2.24) is 5.32 Å². The largest absolute Gasteiger partial charge is 0.479 e. The summed E-state index contributed by atoms with van der Waals surface area (Å²) in [7, 11) is 0. The van der Waals surface area contributed by atoms with Crippen LogP contribution in [0.4, 0.5) is 0 Å². The first kappa shape index (κ1) is 30.8. The number of carbonyl (C=O) groups excluding carboxylic acids is 5. The van der Waals surface area contributed by atoms with Crippen LogP contribution in [-0.4, -0.2) is 57.6 Å². The van der Waals surface area contributed by atoms with Crippen LogP contribution < -0.4 is 5.32 Å². The van der Waals surface area contributed by atoms with Crippen LogP contribution in [0.3, 0.4) is 0 Å². The highest BCUT2D eigenvalue weighted by atomic mass is 16.5. The smallest absolute Gasteiger partial charge is 0.330 e. The Kier molecular flexibility index (Phi) is 8.19. The van der Waals surface area contributed by atoms with Crippen LogP contribution in [0.5, 0.6) is 0 Å². The zero-order chi connectivity index (χ0) is 31.2. The third-order valence-corrected chi connectivity index (χ3v) is 10.9. The van der Waals surface area contributed by atoms with Gasteiger partial charge >= 0.3 is 11.9 Å². The van der Waals surface area contributed by atoms with E-state index in [1.165, 1.54) is 0 Å². The number of ether oxygens (including phenoxy) is 1. The first-order valence-corrected chi connectivity index (χ1v) is 15.0. The van der Waals surface area contributed by atoms with Crippen molar-refractivity contribution in [3.05, 3.63) is 47.5 Å². The number of hydrogen-bond acceptors (Lipinski definition) is 8. The predicted octanol–water partition coefficient (Wildman–Crippen LogP) is 3.26. The fourth-order valence-electron chi connectivity index (χ4n) is 8.57. The summed E-state index contributed by atoms with van der Waals surface area (Å²) >= 11 is 0. The maximum atomic E-state index is 13.8. The first-order chi connectivity index (χ1) is 20.3. The van der Waals surface area contributed by atoms with E-state index in [2.05, 4.69) is 12.2 Å². The fourth-order valence-corrected chi connectivity index (χ4v) is 8.57. The van der Waals surface area contributed by atoms with Crippen LogP contribution in [0.25, 0.3) is 0 Å². The maximum absolute atomic E-state index is 13.8. The lowest BCUT2D eigenvalue weighted by Crippen LogP contribution is -2.61. The van der Waals surface area contributed by atoms with E-state index in [4.69, 9.17) is 4.74 Å². The Labute approximate surface area is 250 Å². The number of allylic oxidation sites excluding steroid dienone is 1. The molecule has 0 spiro atoms. The normalized spacial score (nSPS) is 33.7. The Morgan fingerprint density at radius 3 is 2.44 bits per heavy atom. The maximum Gasteiger partial charge on any atom is 0.330 e. The number of benzene rings is 1. The lowest BCUT2D eigenvalue weighted by atomic mass is 9.46. The molecule has 0 bridgehead atoms. The number of rotatable bonds is 9. The summed E-state index contributed by atoms with van der Waals surface area (Å²) in [6, 6.07) is 6.88. The number of amides is 1. The minimum absolute atomic E-state index is 0.00463. The Morgan fingerprint density at radius 2 is 1.74 bits per heavy atom. The number of nitrogens with one attached hydrogen (secondary N) is 1. The van der Waals surface area contributed by atoms with Crippen LogP contribution in [0, 0.1) is 28.6 Å². The molecule has 3 N–H and O–H groups in total. The van der Waals surface area contributed by atoms with E-state index in [0.717, 1.165) is 18.4 Å². The van der Waals surface area contributed by atoms with Crippen molar-refractivity contribution >= 4 is 35.2 Å². The number of carbonyl (C=O) groups is 6. The average molecular weight is 594 g/mol. The van der Waals surface area contributed by atoms with E-state index < -0.39 is 47.3 Å². The van der Waals surface area contributed by atoms with Crippen LogP contribution in [0.1, 0.15) is 83.2 Å². The first-order valence-electron chi connectivity index (χ1n) is 15.0. The summed E-state index contributed by atoms with van der Waals surface area (Å²) < 4.78 is 5.15. The molecule has 1 aromatic rings. The number of carboxylic acids is 1. The molecule has 0 aromatic heterocycles. The number of Topliss-reactive ketones (excluding diaryl/α,β-unsaturated/α-hetero) is 2. The molecule has 5 rings (SSSR count). The number of carboxylic acid groups (broad SMARTS) is 1. The molecule has 4 aliphatic carbocycles. The van der Waals surface area contributed by atoms with Gasteiger partial charge in [0, 0.05) is 30.6 Å². The lowest BCUT2D eigenvalue weighted by Gasteiger charge is -2.57. The fraction of sp³-hybridized carbons (Fsp3) is 0.576. The zero-order valence-corrected chi connectivity index (χ0v) is 24.6. The highest BCUT2D eigenvalue weighted by molar-refractivity contribution is 5.95. The Bertz CT molecular complexity index is 1390. The predicted molar refractivity (Wildman–Crippen MR) is 152 cm³/mol. The Morgan fingerprint density at radius 1 is 1.02 bits per heavy atom. The third-order valence-electron chi connectivity index (χ3n) is 10.9. The van der Waals surface area contributed by atoms with Gasteiger partial charge in [-0.05, 0) is 61.0 Å². The molecule has 7 atom stereocenters. The molecule has 230 valence electrons. The number of aliphatic hydroxyl groups is 1. The molecule has 0 saturated heterocycles. The van der Waals surface area contributed by atoms with Crippen LogP contribution >= 0.6 is 0 Å². The molecule has 0 unspecified atom stereocenters. The van der Waals surface area contributed by atoms with Gasteiger partial charge in [-0.25, -0.2) is 4.79 Å². The molecule has 0 radical (unpaired) electrons. The van der Waals surface area contributed by atoms with Crippen molar-refractivity contribution in [3.63, 3.8) is 0 Å². The standard InChI is InChI=1S/C33H39NO9/c1-31-14-12-21(35)16-20(31)8-9-22-23-13-15-33(42,32(23,2)17-24(36)28(22)31)25(37)18-43-27(39)11-10-26(38)34-29(30(40)41)19-6-4-3-5-7-19/h3-7,16,22-23,28-29,42H,8-15,17-18H2,1-2H3,(H,34,38)(H,40,41)/t22-,23-,28+,29-,31+,32+,33+/m1/s1. The van der Waals surface area contributed by atoms with Gasteiger partial charge < -0.3 is 20.3 Å². The number of hydrogen-bond donors (Lipinski definition) is 3. The SMILES string of the molecule is C[C@]12CCC(=O)C=C1CC[C@H]1[C@H]2C(=O)C[C@@]2(C)[C@@H]1CC[C@]2(O)C(=O)COC(=O)CCC(=O)N[C@@H](C(=O)O)c1ccccc1. The number of ketones is 3. The number of aliphatic carboxylic acids is 1. The minimum Gasteiger partial charge on any atom is -0.479 e. The highest BCUT2D eigenvalue weighted by Gasteiger charge is 2.68. The Hall–Kier alpha value is -3.66. The monoisotopic (exact) mass is 593 g/mol. The summed E-state index contributed by atoms with van der Waals surface area (Å²) in [5.41, 5.74) is -1.79. The summed E-state index contributed by atoms with van der Waals surface area (Å²) in [4.78, 5) is 75.7. The van der Waals surface area contributed by atoms with E-state index in [9.17, 15) is 39.0 Å². The summed E-state index contributed by atoms with van der Waals surface area (Å²) in [6.45, 7) is 3.20. The van der Waals surface area contributed by atoms with E-state index in [1.54, 1.807) is 43.3 Å². The summed E-state index contributed by atoms with van der Waals surface area (Å²) in [6.07, 6.45) is 4.27. The highest BCUT2D eigenvalue weighted by Crippen LogP contribution is 2.66.